The van der Waals surface area contributed by atoms with Crippen molar-refractivity contribution in [2.45, 2.75) is 0 Å². The molecule has 1 heteroatoms. The third kappa shape index (κ3) is 7.01. The molecule has 0 aliphatic rings. The van der Waals surface area contributed by atoms with Crippen LogP contribution in [0.2, 0.25) is 0 Å². The van der Waals surface area contributed by atoms with Gasteiger partial charge in [0, 0.05) is 17.1 Å². The monoisotopic (exact) mass is 756 g/mol. The Balaban J connectivity index is 1.19. The van der Waals surface area contributed by atoms with E-state index in [1.165, 1.54) is 5.56 Å². The molecule has 0 aromatic heterocycles. The molecule has 59 heavy (non-hydrogen) atoms. The summed E-state index contributed by atoms with van der Waals surface area (Å²) in [6.07, 6.45) is 0. The Bertz CT molecular complexity index is 3240. The maximum absolute atomic E-state index is 9.00. The van der Waals surface area contributed by atoms with E-state index in [0.717, 1.165) is 72.0 Å². The Hall–Kier alpha value is -7.74. The average Bonchev–Trinajstić information content (AvgIpc) is 3.37. The van der Waals surface area contributed by atoms with Gasteiger partial charge in [-0.3, -0.25) is 0 Å². The molecule has 10 aromatic carbocycles. The van der Waals surface area contributed by atoms with Gasteiger partial charge in [0.15, 0.2) is 0 Å². The molecule has 0 aliphatic heterocycles. The Kier molecular flexibility index (Phi) is 8.25. The molecule has 0 spiro atoms. The molecule has 0 amide bonds. The highest BCUT2D eigenvalue weighted by molar-refractivity contribution is 6.18. The zero-order chi connectivity index (χ0) is 43.7. The van der Waals surface area contributed by atoms with Gasteiger partial charge in [0.25, 0.3) is 0 Å². The number of para-hydroxylation sites is 1. The lowest BCUT2D eigenvalue weighted by atomic mass is 9.78. The van der Waals surface area contributed by atoms with Crippen LogP contribution >= 0.6 is 0 Å². The third-order valence-electron chi connectivity index (χ3n) is 11.0. The highest BCUT2D eigenvalue weighted by atomic mass is 15.1. The Morgan fingerprint density at radius 2 is 0.593 bits per heavy atom. The number of fused-ring (bicyclic) bond motifs is 1. The van der Waals surface area contributed by atoms with Crippen molar-refractivity contribution in [2.75, 3.05) is 4.90 Å². The van der Waals surface area contributed by atoms with Gasteiger partial charge >= 0.3 is 0 Å². The van der Waals surface area contributed by atoms with Gasteiger partial charge in [-0.05, 0) is 120 Å². The summed E-state index contributed by atoms with van der Waals surface area (Å²) in [5, 5.41) is 2.25. The SMILES string of the molecule is [2H]c1c([2H])c([2H])c(N(c2ccc(-c3ccccc3)cc2)c2ccc(-c3ccc4c(-c5ccccc5)c(-c5ccccc5)c(-c5ccccc5)c(-c5ccccc5)c4c3)cc2)c([2H])c1[2H]. The minimum atomic E-state index is -0.429. The van der Waals surface area contributed by atoms with E-state index >= 15 is 0 Å². The summed E-state index contributed by atoms with van der Waals surface area (Å²) < 4.78 is 43.4. The van der Waals surface area contributed by atoms with Crippen molar-refractivity contribution >= 4 is 27.8 Å². The summed E-state index contributed by atoms with van der Waals surface area (Å²) >= 11 is 0. The molecular formula is C58H41N. The molecule has 0 unspecified atom stereocenters. The summed E-state index contributed by atoms with van der Waals surface area (Å²) in [5.41, 5.74) is 14.6. The lowest BCUT2D eigenvalue weighted by molar-refractivity contribution is 1.28. The second-order valence-corrected chi connectivity index (χ2v) is 14.5. The lowest BCUT2D eigenvalue weighted by Gasteiger charge is -2.26. The van der Waals surface area contributed by atoms with E-state index in [1.807, 2.05) is 78.9 Å². The third-order valence-corrected chi connectivity index (χ3v) is 11.0. The molecule has 0 radical (unpaired) electrons. The van der Waals surface area contributed by atoms with Crippen molar-refractivity contribution in [3.63, 3.8) is 0 Å². The van der Waals surface area contributed by atoms with Gasteiger partial charge in [0.1, 0.15) is 0 Å². The van der Waals surface area contributed by atoms with Crippen LogP contribution in [0.1, 0.15) is 6.85 Å². The fraction of sp³-hybridized carbons (Fsp3) is 0. The van der Waals surface area contributed by atoms with Crippen LogP contribution in [0.5, 0.6) is 0 Å². The topological polar surface area (TPSA) is 3.24 Å². The standard InChI is InChI=1S/C58H41N/c1-7-19-42(20-8-1)43-31-36-51(37-32-43)59(50-29-17-6-18-30-50)52-38-33-44(34-39-52)49-35-40-53-54(41-49)56(46-23-11-3-12-24-46)58(48-27-15-5-16-28-48)57(47-25-13-4-14-26-47)55(53)45-21-9-2-10-22-45/h1-41H/i6D,17D,18D,29D,30D. The van der Waals surface area contributed by atoms with Crippen molar-refractivity contribution in [1.29, 1.82) is 0 Å². The number of hydrogen-bond acceptors (Lipinski definition) is 1. The zero-order valence-electron chi connectivity index (χ0n) is 37.2. The molecular weight excluding hydrogens is 711 g/mol. The van der Waals surface area contributed by atoms with Crippen LogP contribution in [0.15, 0.2) is 249 Å². The van der Waals surface area contributed by atoms with Gasteiger partial charge < -0.3 is 4.90 Å². The quantitative estimate of drug-likeness (QED) is 0.142. The van der Waals surface area contributed by atoms with Crippen LogP contribution in [-0.2, 0) is 0 Å². The van der Waals surface area contributed by atoms with Crippen LogP contribution in [0.4, 0.5) is 17.1 Å². The van der Waals surface area contributed by atoms with Crippen molar-refractivity contribution in [3.8, 4) is 66.8 Å². The highest BCUT2D eigenvalue weighted by Crippen LogP contribution is 2.51. The molecule has 10 aromatic rings. The van der Waals surface area contributed by atoms with Crippen LogP contribution in [0.3, 0.4) is 0 Å². The summed E-state index contributed by atoms with van der Waals surface area (Å²) in [6, 6.07) is 73.6. The minimum Gasteiger partial charge on any atom is -0.311 e. The van der Waals surface area contributed by atoms with Crippen molar-refractivity contribution < 1.29 is 6.85 Å². The number of rotatable bonds is 9. The van der Waals surface area contributed by atoms with E-state index in [1.54, 1.807) is 4.90 Å². The van der Waals surface area contributed by atoms with Gasteiger partial charge in [-0.25, -0.2) is 0 Å². The number of anilines is 3. The predicted octanol–water partition coefficient (Wildman–Crippen LogP) is 16.3. The molecule has 0 bridgehead atoms. The highest BCUT2D eigenvalue weighted by Gasteiger charge is 2.24. The van der Waals surface area contributed by atoms with Crippen LogP contribution in [0, 0.1) is 0 Å². The first-order chi connectivity index (χ1) is 31.4. The van der Waals surface area contributed by atoms with E-state index in [-0.39, 0.29) is 29.9 Å². The molecule has 0 heterocycles. The predicted molar refractivity (Wildman–Crippen MR) is 251 cm³/mol. The van der Waals surface area contributed by atoms with Crippen LogP contribution < -0.4 is 4.90 Å². The van der Waals surface area contributed by atoms with E-state index in [0.29, 0.717) is 11.4 Å². The first kappa shape index (κ1) is 30.4. The second kappa shape index (κ2) is 16.0. The Morgan fingerprint density at radius 3 is 1.03 bits per heavy atom. The molecule has 0 aliphatic carbocycles. The molecule has 0 atom stereocenters. The van der Waals surface area contributed by atoms with Gasteiger partial charge in [0.2, 0.25) is 0 Å². The molecule has 0 saturated carbocycles. The zero-order valence-corrected chi connectivity index (χ0v) is 32.2. The molecule has 278 valence electrons. The van der Waals surface area contributed by atoms with Gasteiger partial charge in [-0.1, -0.05) is 206 Å². The van der Waals surface area contributed by atoms with E-state index in [4.69, 9.17) is 6.85 Å². The van der Waals surface area contributed by atoms with Crippen molar-refractivity contribution in [1.82, 2.24) is 0 Å². The second-order valence-electron chi connectivity index (χ2n) is 14.5. The fourth-order valence-electron chi connectivity index (χ4n) is 8.26. The maximum Gasteiger partial charge on any atom is 0.0645 e. The van der Waals surface area contributed by atoms with E-state index < -0.39 is 6.04 Å². The number of benzene rings is 10. The molecule has 0 saturated heterocycles. The van der Waals surface area contributed by atoms with Gasteiger partial charge in [-0.2, -0.15) is 0 Å². The van der Waals surface area contributed by atoms with Gasteiger partial charge in [-0.15, -0.1) is 0 Å². The summed E-state index contributed by atoms with van der Waals surface area (Å²) in [5.74, 6) is 0. The molecule has 0 fully saturated rings. The van der Waals surface area contributed by atoms with Crippen molar-refractivity contribution in [3.05, 3.63) is 249 Å². The average molecular weight is 757 g/mol. The smallest absolute Gasteiger partial charge is 0.0645 e. The summed E-state index contributed by atoms with van der Waals surface area (Å²) in [6.45, 7) is 0. The molecule has 0 N–H and O–H groups in total. The first-order valence-corrected chi connectivity index (χ1v) is 19.9. The Labute approximate surface area is 353 Å². The van der Waals surface area contributed by atoms with E-state index in [2.05, 4.69) is 140 Å². The number of nitrogens with zero attached hydrogens (tertiary/aromatic N) is 1. The molecule has 10 rings (SSSR count). The van der Waals surface area contributed by atoms with Crippen molar-refractivity contribution in [2.24, 2.45) is 0 Å². The van der Waals surface area contributed by atoms with Gasteiger partial charge in [0.05, 0.1) is 6.85 Å². The largest absolute Gasteiger partial charge is 0.311 e. The normalized spacial score (nSPS) is 12.2. The fourth-order valence-corrected chi connectivity index (χ4v) is 8.26. The maximum atomic E-state index is 9.00. The minimum absolute atomic E-state index is 0.0838. The summed E-state index contributed by atoms with van der Waals surface area (Å²) in [7, 11) is 0. The Morgan fingerprint density at radius 1 is 0.254 bits per heavy atom. The lowest BCUT2D eigenvalue weighted by Crippen LogP contribution is -2.09. The van der Waals surface area contributed by atoms with Crippen LogP contribution in [0.25, 0.3) is 77.5 Å². The molecule has 1 nitrogen and oxygen atoms in total. The summed E-state index contributed by atoms with van der Waals surface area (Å²) in [4.78, 5) is 1.76. The number of hydrogen-bond donors (Lipinski definition) is 0. The van der Waals surface area contributed by atoms with E-state index in [9.17, 15) is 0 Å². The van der Waals surface area contributed by atoms with Crippen LogP contribution in [-0.4, -0.2) is 0 Å². The first-order valence-electron chi connectivity index (χ1n) is 22.4.